The van der Waals surface area contributed by atoms with Gasteiger partial charge in [-0.3, -0.25) is 9.58 Å². The zero-order chi connectivity index (χ0) is 12.4. The van der Waals surface area contributed by atoms with E-state index in [1.54, 1.807) is 4.68 Å². The van der Waals surface area contributed by atoms with E-state index in [-0.39, 0.29) is 6.61 Å². The molecule has 0 spiro atoms. The number of rotatable bonds is 6. The van der Waals surface area contributed by atoms with Gasteiger partial charge in [-0.25, -0.2) is 0 Å². The standard InChI is InChI=1S/C12H20ClN3O/c1-3-11-10(12(13)15(2)14-11)8-16(6-7-17)9-4-5-9/h9,17H,3-8H2,1-2H3. The summed E-state index contributed by atoms with van der Waals surface area (Å²) in [6, 6.07) is 0.628. The van der Waals surface area contributed by atoms with Crippen LogP contribution in [0.1, 0.15) is 31.0 Å². The van der Waals surface area contributed by atoms with Crippen molar-refractivity contribution in [3.63, 3.8) is 0 Å². The SMILES string of the molecule is CCc1nn(C)c(Cl)c1CN(CCO)C1CC1. The van der Waals surface area contributed by atoms with Crippen LogP contribution < -0.4 is 0 Å². The highest BCUT2D eigenvalue weighted by atomic mass is 35.5. The summed E-state index contributed by atoms with van der Waals surface area (Å²) in [6.45, 7) is 3.83. The van der Waals surface area contributed by atoms with Gasteiger partial charge in [0, 0.05) is 31.7 Å². The van der Waals surface area contributed by atoms with Gasteiger partial charge < -0.3 is 5.11 Å². The molecule has 1 N–H and O–H groups in total. The average Bonchev–Trinajstić information content (AvgIpc) is 3.11. The molecule has 0 aliphatic heterocycles. The fourth-order valence-corrected chi connectivity index (χ4v) is 2.41. The summed E-state index contributed by atoms with van der Waals surface area (Å²) in [6.07, 6.45) is 3.37. The predicted molar refractivity (Wildman–Crippen MR) is 68.1 cm³/mol. The van der Waals surface area contributed by atoms with Crippen molar-refractivity contribution in [1.29, 1.82) is 0 Å². The van der Waals surface area contributed by atoms with E-state index in [0.29, 0.717) is 6.04 Å². The van der Waals surface area contributed by atoms with Crippen molar-refractivity contribution in [2.24, 2.45) is 7.05 Å². The van der Waals surface area contributed by atoms with Crippen molar-refractivity contribution in [3.05, 3.63) is 16.4 Å². The van der Waals surface area contributed by atoms with Gasteiger partial charge in [0.1, 0.15) is 5.15 Å². The van der Waals surface area contributed by atoms with E-state index in [9.17, 15) is 0 Å². The molecule has 0 aromatic carbocycles. The minimum atomic E-state index is 0.204. The van der Waals surface area contributed by atoms with Crippen LogP contribution in [0.4, 0.5) is 0 Å². The summed E-state index contributed by atoms with van der Waals surface area (Å²) < 4.78 is 1.74. The van der Waals surface area contributed by atoms with Gasteiger partial charge in [-0.15, -0.1) is 0 Å². The number of aryl methyl sites for hydroxylation is 2. The lowest BCUT2D eigenvalue weighted by atomic mass is 10.2. The number of hydrogen-bond acceptors (Lipinski definition) is 3. The topological polar surface area (TPSA) is 41.3 Å². The molecule has 0 unspecified atom stereocenters. The molecule has 96 valence electrons. The summed E-state index contributed by atoms with van der Waals surface area (Å²) in [5, 5.41) is 14.2. The van der Waals surface area contributed by atoms with Crippen LogP contribution in [0, 0.1) is 0 Å². The Hall–Kier alpha value is -0.580. The van der Waals surface area contributed by atoms with Crippen LogP contribution in [0.5, 0.6) is 0 Å². The first-order valence-corrected chi connectivity index (χ1v) is 6.60. The quantitative estimate of drug-likeness (QED) is 0.842. The molecule has 1 heterocycles. The Balaban J connectivity index is 2.15. The average molecular weight is 258 g/mol. The van der Waals surface area contributed by atoms with Crippen molar-refractivity contribution < 1.29 is 5.11 Å². The third-order valence-corrected chi connectivity index (χ3v) is 3.77. The lowest BCUT2D eigenvalue weighted by Crippen LogP contribution is -2.29. The molecular weight excluding hydrogens is 238 g/mol. The van der Waals surface area contributed by atoms with Crippen LogP contribution in [0.15, 0.2) is 0 Å². The van der Waals surface area contributed by atoms with E-state index in [1.807, 2.05) is 7.05 Å². The molecule has 1 fully saturated rings. The van der Waals surface area contributed by atoms with E-state index in [1.165, 1.54) is 12.8 Å². The fourth-order valence-electron chi connectivity index (χ4n) is 2.20. The molecular formula is C12H20ClN3O. The summed E-state index contributed by atoms with van der Waals surface area (Å²) in [5.74, 6) is 0. The lowest BCUT2D eigenvalue weighted by Gasteiger charge is -2.20. The van der Waals surface area contributed by atoms with Crippen LogP contribution in [0.3, 0.4) is 0 Å². The van der Waals surface area contributed by atoms with Crippen molar-refractivity contribution in [2.75, 3.05) is 13.2 Å². The van der Waals surface area contributed by atoms with Crippen LogP contribution in [-0.4, -0.2) is 39.0 Å². The van der Waals surface area contributed by atoms with Gasteiger partial charge in [0.05, 0.1) is 12.3 Å². The fraction of sp³-hybridized carbons (Fsp3) is 0.750. The van der Waals surface area contributed by atoms with Gasteiger partial charge in [-0.05, 0) is 19.3 Å². The molecule has 1 aromatic heterocycles. The second kappa shape index (κ2) is 5.38. The zero-order valence-electron chi connectivity index (χ0n) is 10.5. The second-order valence-corrected chi connectivity index (χ2v) is 4.98. The third kappa shape index (κ3) is 2.81. The molecule has 1 aliphatic carbocycles. The molecule has 2 rings (SSSR count). The number of aliphatic hydroxyl groups excluding tert-OH is 1. The van der Waals surface area contributed by atoms with Crippen LogP contribution in [0.25, 0.3) is 0 Å². The van der Waals surface area contributed by atoms with Gasteiger partial charge in [-0.2, -0.15) is 5.10 Å². The minimum Gasteiger partial charge on any atom is -0.395 e. The van der Waals surface area contributed by atoms with E-state index in [0.717, 1.165) is 35.9 Å². The Morgan fingerprint density at radius 2 is 2.24 bits per heavy atom. The highest BCUT2D eigenvalue weighted by Gasteiger charge is 2.30. The number of nitrogens with zero attached hydrogens (tertiary/aromatic N) is 3. The Morgan fingerprint density at radius 1 is 1.53 bits per heavy atom. The molecule has 5 heteroatoms. The van der Waals surface area contributed by atoms with E-state index in [4.69, 9.17) is 16.7 Å². The van der Waals surface area contributed by atoms with Crippen molar-refractivity contribution in [3.8, 4) is 0 Å². The molecule has 0 atom stereocenters. The van der Waals surface area contributed by atoms with Crippen molar-refractivity contribution in [2.45, 2.75) is 38.8 Å². The maximum absolute atomic E-state index is 9.10. The first kappa shape index (κ1) is 12.9. The molecule has 0 radical (unpaired) electrons. The largest absolute Gasteiger partial charge is 0.395 e. The van der Waals surface area contributed by atoms with E-state index < -0.39 is 0 Å². The number of aliphatic hydroxyl groups is 1. The van der Waals surface area contributed by atoms with Crippen LogP contribution in [0.2, 0.25) is 5.15 Å². The van der Waals surface area contributed by atoms with Gasteiger partial charge >= 0.3 is 0 Å². The van der Waals surface area contributed by atoms with Gasteiger partial charge in [0.25, 0.3) is 0 Å². The van der Waals surface area contributed by atoms with Crippen molar-refractivity contribution in [1.82, 2.24) is 14.7 Å². The molecule has 1 aliphatic rings. The molecule has 4 nitrogen and oxygen atoms in total. The minimum absolute atomic E-state index is 0.204. The van der Waals surface area contributed by atoms with Gasteiger partial charge in [0.2, 0.25) is 0 Å². The third-order valence-electron chi connectivity index (χ3n) is 3.30. The Bertz CT molecular complexity index is 387. The summed E-state index contributed by atoms with van der Waals surface area (Å²) in [4.78, 5) is 2.31. The first-order valence-electron chi connectivity index (χ1n) is 6.22. The number of aromatic nitrogens is 2. The first-order chi connectivity index (χ1) is 8.17. The Kier molecular flexibility index (Phi) is 4.07. The van der Waals surface area contributed by atoms with Crippen LogP contribution >= 0.6 is 11.6 Å². The highest BCUT2D eigenvalue weighted by Crippen LogP contribution is 2.30. The summed E-state index contributed by atoms with van der Waals surface area (Å²) in [7, 11) is 1.87. The summed E-state index contributed by atoms with van der Waals surface area (Å²) in [5.41, 5.74) is 2.19. The van der Waals surface area contributed by atoms with E-state index in [2.05, 4.69) is 16.9 Å². The van der Waals surface area contributed by atoms with Crippen molar-refractivity contribution >= 4 is 11.6 Å². The monoisotopic (exact) mass is 257 g/mol. The maximum atomic E-state index is 9.10. The molecule has 0 amide bonds. The number of halogens is 1. The summed E-state index contributed by atoms with van der Waals surface area (Å²) >= 11 is 6.27. The predicted octanol–water partition coefficient (Wildman–Crippen LogP) is 1.59. The van der Waals surface area contributed by atoms with Gasteiger partial charge in [-0.1, -0.05) is 18.5 Å². The molecule has 0 saturated heterocycles. The van der Waals surface area contributed by atoms with Crippen LogP contribution in [-0.2, 0) is 20.0 Å². The maximum Gasteiger partial charge on any atom is 0.131 e. The molecule has 0 bridgehead atoms. The number of hydrogen-bond donors (Lipinski definition) is 1. The highest BCUT2D eigenvalue weighted by molar-refractivity contribution is 6.30. The lowest BCUT2D eigenvalue weighted by molar-refractivity contribution is 0.183. The molecule has 17 heavy (non-hydrogen) atoms. The second-order valence-electron chi connectivity index (χ2n) is 4.62. The normalized spacial score (nSPS) is 15.8. The molecule has 1 aromatic rings. The van der Waals surface area contributed by atoms with E-state index >= 15 is 0 Å². The Labute approximate surface area is 107 Å². The Morgan fingerprint density at radius 3 is 2.76 bits per heavy atom. The van der Waals surface area contributed by atoms with Gasteiger partial charge in [0.15, 0.2) is 0 Å². The zero-order valence-corrected chi connectivity index (χ0v) is 11.2. The smallest absolute Gasteiger partial charge is 0.131 e. The molecule has 1 saturated carbocycles.